The SMILES string of the molecule is O=S(=O)(c1ccc(C(F)(F)F)cc1)N1C[C@@H]2CCCN3CCC[C@@H]([C@H]23)[C@H]1CCCN=C=S. The minimum absolute atomic E-state index is 0.0747. The topological polar surface area (TPSA) is 53.0 Å². The Morgan fingerprint density at radius 1 is 1.12 bits per heavy atom. The third kappa shape index (κ3) is 4.66. The molecule has 0 N–H and O–H groups in total. The molecule has 4 rings (SSSR count). The zero-order valence-corrected chi connectivity index (χ0v) is 19.4. The molecule has 0 aliphatic carbocycles. The van der Waals surface area contributed by atoms with Crippen molar-refractivity contribution < 1.29 is 21.6 Å². The smallest absolute Gasteiger partial charge is 0.300 e. The molecule has 4 atom stereocenters. The van der Waals surface area contributed by atoms with E-state index in [0.717, 1.165) is 63.0 Å². The molecule has 10 heteroatoms. The first-order chi connectivity index (χ1) is 15.2. The van der Waals surface area contributed by atoms with Crippen molar-refractivity contribution in [2.24, 2.45) is 16.8 Å². The summed E-state index contributed by atoms with van der Waals surface area (Å²) in [7, 11) is -3.92. The van der Waals surface area contributed by atoms with Gasteiger partial charge in [0.05, 0.1) is 15.6 Å². The van der Waals surface area contributed by atoms with Gasteiger partial charge in [-0.05, 0) is 99.9 Å². The Morgan fingerprint density at radius 3 is 2.47 bits per heavy atom. The van der Waals surface area contributed by atoms with Crippen LogP contribution in [0.3, 0.4) is 0 Å². The van der Waals surface area contributed by atoms with Crippen molar-refractivity contribution in [1.29, 1.82) is 0 Å². The van der Waals surface area contributed by atoms with Crippen LogP contribution in [0.5, 0.6) is 0 Å². The lowest BCUT2D eigenvalue weighted by atomic mass is 9.70. The maximum atomic E-state index is 13.7. The van der Waals surface area contributed by atoms with Crippen LogP contribution in [0.1, 0.15) is 44.1 Å². The molecule has 5 nitrogen and oxygen atoms in total. The molecule has 3 fully saturated rings. The zero-order valence-electron chi connectivity index (χ0n) is 17.8. The van der Waals surface area contributed by atoms with Gasteiger partial charge < -0.3 is 0 Å². The summed E-state index contributed by atoms with van der Waals surface area (Å²) in [4.78, 5) is 6.44. The monoisotopic (exact) mass is 487 g/mol. The predicted molar refractivity (Wildman–Crippen MR) is 119 cm³/mol. The van der Waals surface area contributed by atoms with Gasteiger partial charge in [-0.2, -0.15) is 17.5 Å². The number of hydrogen-bond acceptors (Lipinski definition) is 5. The summed E-state index contributed by atoms with van der Waals surface area (Å²) in [5, 5.41) is 2.36. The molecule has 32 heavy (non-hydrogen) atoms. The number of nitrogens with zero attached hydrogens (tertiary/aromatic N) is 3. The van der Waals surface area contributed by atoms with Crippen LogP contribution in [0, 0.1) is 11.8 Å². The molecular weight excluding hydrogens is 459 g/mol. The molecule has 0 amide bonds. The van der Waals surface area contributed by atoms with E-state index in [1.165, 1.54) is 0 Å². The third-order valence-corrected chi connectivity index (χ3v) is 9.28. The standard InChI is InChI=1S/C22H28F3N3O2S2/c23-22(24,25)17-7-9-18(10-8-17)32(29,30)28-14-16-4-2-12-27-13-3-5-19(21(16)27)20(28)6-1-11-26-15-31/h7-10,16,19-21H,1-6,11-14H2/t16-,19+,20+,21-/m0/s1. The van der Waals surface area contributed by atoms with Gasteiger partial charge in [0.25, 0.3) is 0 Å². The number of rotatable bonds is 6. The molecule has 3 aliphatic rings. The Labute approximate surface area is 192 Å². The predicted octanol–water partition coefficient (Wildman–Crippen LogP) is 4.45. The number of hydrogen-bond donors (Lipinski definition) is 0. The first-order valence-corrected chi connectivity index (χ1v) is 13.0. The van der Waals surface area contributed by atoms with Crippen molar-refractivity contribution in [2.45, 2.75) is 61.7 Å². The molecule has 0 aromatic heterocycles. The highest BCUT2D eigenvalue weighted by Crippen LogP contribution is 2.45. The number of benzene rings is 1. The molecule has 0 unspecified atom stereocenters. The fourth-order valence-electron chi connectivity index (χ4n) is 5.97. The number of sulfonamides is 1. The first kappa shape index (κ1) is 23.8. The average Bonchev–Trinajstić information content (AvgIpc) is 2.77. The molecule has 0 radical (unpaired) electrons. The van der Waals surface area contributed by atoms with Crippen molar-refractivity contribution in [3.05, 3.63) is 29.8 Å². The summed E-state index contributed by atoms with van der Waals surface area (Å²) < 4.78 is 67.8. The maximum Gasteiger partial charge on any atom is 0.416 e. The van der Waals surface area contributed by atoms with E-state index in [4.69, 9.17) is 0 Å². The summed E-state index contributed by atoms with van der Waals surface area (Å²) in [6, 6.07) is 4.08. The Kier molecular flexibility index (Phi) is 7.08. The Bertz CT molecular complexity index is 960. The van der Waals surface area contributed by atoms with Crippen LogP contribution < -0.4 is 0 Å². The van der Waals surface area contributed by atoms with E-state index >= 15 is 0 Å². The van der Waals surface area contributed by atoms with Crippen molar-refractivity contribution in [3.8, 4) is 0 Å². The molecule has 0 saturated carbocycles. The van der Waals surface area contributed by atoms with Gasteiger partial charge in [-0.15, -0.1) is 0 Å². The first-order valence-electron chi connectivity index (χ1n) is 11.2. The lowest BCUT2D eigenvalue weighted by Gasteiger charge is -2.57. The van der Waals surface area contributed by atoms with Gasteiger partial charge in [0.1, 0.15) is 0 Å². The lowest BCUT2D eigenvalue weighted by Crippen LogP contribution is -2.65. The highest BCUT2D eigenvalue weighted by Gasteiger charge is 2.51. The van der Waals surface area contributed by atoms with Crippen molar-refractivity contribution >= 4 is 27.4 Å². The quantitative estimate of drug-likeness (QED) is 0.338. The van der Waals surface area contributed by atoms with Crippen LogP contribution in [0.4, 0.5) is 13.2 Å². The summed E-state index contributed by atoms with van der Waals surface area (Å²) in [6.07, 6.45) is 0.894. The van der Waals surface area contributed by atoms with E-state index < -0.39 is 21.8 Å². The number of isothiocyanates is 1. The fourth-order valence-corrected chi connectivity index (χ4v) is 7.81. The number of halogens is 3. The largest absolute Gasteiger partial charge is 0.416 e. The number of piperidine rings is 3. The molecule has 3 aliphatic heterocycles. The second kappa shape index (κ2) is 9.50. The van der Waals surface area contributed by atoms with E-state index in [9.17, 15) is 21.6 Å². The van der Waals surface area contributed by atoms with Crippen LogP contribution in [-0.4, -0.2) is 61.0 Å². The third-order valence-electron chi connectivity index (χ3n) is 7.25. The average molecular weight is 488 g/mol. The van der Waals surface area contributed by atoms with E-state index in [1.54, 1.807) is 4.31 Å². The van der Waals surface area contributed by atoms with Gasteiger partial charge in [-0.25, -0.2) is 13.4 Å². The Balaban J connectivity index is 1.66. The van der Waals surface area contributed by atoms with E-state index in [2.05, 4.69) is 27.3 Å². The zero-order chi connectivity index (χ0) is 22.9. The van der Waals surface area contributed by atoms with Crippen LogP contribution in [0.25, 0.3) is 0 Å². The molecular formula is C22H28F3N3O2S2. The van der Waals surface area contributed by atoms with E-state index in [-0.39, 0.29) is 22.8 Å². The van der Waals surface area contributed by atoms with Crippen LogP contribution >= 0.6 is 12.2 Å². The second-order valence-electron chi connectivity index (χ2n) is 9.01. The number of aliphatic imine (C=N–C) groups is 1. The highest BCUT2D eigenvalue weighted by atomic mass is 32.2. The van der Waals surface area contributed by atoms with Gasteiger partial charge >= 0.3 is 6.18 Å². The van der Waals surface area contributed by atoms with E-state index in [1.807, 2.05) is 0 Å². The molecule has 1 aromatic carbocycles. The Morgan fingerprint density at radius 2 is 1.81 bits per heavy atom. The van der Waals surface area contributed by atoms with Crippen molar-refractivity contribution in [3.63, 3.8) is 0 Å². The van der Waals surface area contributed by atoms with Gasteiger partial charge in [-0.1, -0.05) is 0 Å². The Hall–Kier alpha value is -1.32. The minimum atomic E-state index is -4.50. The van der Waals surface area contributed by atoms with E-state index in [0.29, 0.717) is 32.0 Å². The summed E-state index contributed by atoms with van der Waals surface area (Å²) >= 11 is 4.64. The van der Waals surface area contributed by atoms with Crippen LogP contribution in [0.15, 0.2) is 34.2 Å². The van der Waals surface area contributed by atoms with Gasteiger partial charge in [0, 0.05) is 25.2 Å². The summed E-state index contributed by atoms with van der Waals surface area (Å²) in [5.41, 5.74) is -0.847. The lowest BCUT2D eigenvalue weighted by molar-refractivity contribution is -0.137. The van der Waals surface area contributed by atoms with Gasteiger partial charge in [0.2, 0.25) is 10.0 Å². The number of alkyl halides is 3. The highest BCUT2D eigenvalue weighted by molar-refractivity contribution is 7.89. The van der Waals surface area contributed by atoms with Crippen molar-refractivity contribution in [1.82, 2.24) is 9.21 Å². The summed E-state index contributed by atoms with van der Waals surface area (Å²) in [5.74, 6) is 0.483. The van der Waals surface area contributed by atoms with Crippen LogP contribution in [0.2, 0.25) is 0 Å². The molecule has 1 aromatic rings. The second-order valence-corrected chi connectivity index (χ2v) is 11.1. The summed E-state index contributed by atoms with van der Waals surface area (Å²) in [6.45, 7) is 3.04. The van der Waals surface area contributed by atoms with Gasteiger partial charge in [0.15, 0.2) is 0 Å². The van der Waals surface area contributed by atoms with Gasteiger partial charge in [-0.3, -0.25) is 4.90 Å². The molecule has 0 spiro atoms. The maximum absolute atomic E-state index is 13.7. The molecule has 3 heterocycles. The van der Waals surface area contributed by atoms with Crippen molar-refractivity contribution in [2.75, 3.05) is 26.2 Å². The normalized spacial score (nSPS) is 29.2. The fraction of sp³-hybridized carbons (Fsp3) is 0.682. The number of thiocarbonyl (C=S) groups is 1. The minimum Gasteiger partial charge on any atom is -0.300 e. The molecule has 0 bridgehead atoms. The van der Waals surface area contributed by atoms with Crippen LogP contribution in [-0.2, 0) is 16.2 Å². The molecule has 176 valence electrons. The molecule has 3 saturated heterocycles.